The van der Waals surface area contributed by atoms with Gasteiger partial charge in [-0.1, -0.05) is 33.1 Å². The van der Waals surface area contributed by atoms with Crippen LogP contribution in [0.5, 0.6) is 0 Å². The zero-order valence-electron chi connectivity index (χ0n) is 14.5. The lowest BCUT2D eigenvalue weighted by Crippen LogP contribution is -2.44. The third-order valence-corrected chi connectivity index (χ3v) is 4.64. The zero-order chi connectivity index (χ0) is 17.2. The fourth-order valence-corrected chi connectivity index (χ4v) is 3.31. The Kier molecular flexibility index (Phi) is 4.85. The highest BCUT2D eigenvalue weighted by Crippen LogP contribution is 2.27. The Labute approximate surface area is 142 Å². The van der Waals surface area contributed by atoms with Gasteiger partial charge in [0, 0.05) is 24.7 Å². The van der Waals surface area contributed by atoms with Crippen LogP contribution in [0.15, 0.2) is 18.5 Å². The van der Waals surface area contributed by atoms with Crippen LogP contribution in [0.1, 0.15) is 56.3 Å². The second kappa shape index (κ2) is 6.89. The van der Waals surface area contributed by atoms with Gasteiger partial charge in [0.1, 0.15) is 0 Å². The highest BCUT2D eigenvalue weighted by molar-refractivity contribution is 5.96. The van der Waals surface area contributed by atoms with Crippen molar-refractivity contribution in [1.82, 2.24) is 20.1 Å². The van der Waals surface area contributed by atoms with Gasteiger partial charge in [-0.2, -0.15) is 5.10 Å². The second-order valence-electron chi connectivity index (χ2n) is 7.33. The first-order valence-electron chi connectivity index (χ1n) is 8.79. The quantitative estimate of drug-likeness (QED) is 0.883. The summed E-state index contributed by atoms with van der Waals surface area (Å²) in [5, 5.41) is 18.5. The van der Waals surface area contributed by atoms with Gasteiger partial charge >= 0.3 is 0 Å². The van der Waals surface area contributed by atoms with Crippen LogP contribution in [0.25, 0.3) is 11.0 Å². The number of nitrogens with one attached hydrogen (secondary N) is 1. The average Bonchev–Trinajstić information content (AvgIpc) is 2.95. The fraction of sp³-hybridized carbons (Fsp3) is 0.611. The highest BCUT2D eigenvalue weighted by Gasteiger charge is 2.29. The van der Waals surface area contributed by atoms with E-state index in [1.54, 1.807) is 12.4 Å². The molecule has 2 N–H and O–H groups in total. The van der Waals surface area contributed by atoms with E-state index >= 15 is 0 Å². The number of aromatic nitrogens is 3. The minimum absolute atomic E-state index is 0.194. The maximum Gasteiger partial charge on any atom is 0.252 e. The van der Waals surface area contributed by atoms with Crippen molar-refractivity contribution in [2.24, 2.45) is 5.92 Å². The summed E-state index contributed by atoms with van der Waals surface area (Å²) in [6.07, 6.45) is 8.05. The molecule has 1 fully saturated rings. The number of hydrogen-bond donors (Lipinski definition) is 2. The average molecular weight is 330 g/mol. The first-order chi connectivity index (χ1) is 11.5. The molecule has 1 aliphatic carbocycles. The third-order valence-electron chi connectivity index (χ3n) is 4.64. The molecule has 0 aliphatic heterocycles. The van der Waals surface area contributed by atoms with Crippen LogP contribution in [-0.4, -0.2) is 37.9 Å². The summed E-state index contributed by atoms with van der Waals surface area (Å²) in [5.41, 5.74) is 0.547. The van der Waals surface area contributed by atoms with E-state index in [1.807, 2.05) is 10.7 Å². The topological polar surface area (TPSA) is 80.0 Å². The maximum absolute atomic E-state index is 12.4. The van der Waals surface area contributed by atoms with Crippen LogP contribution >= 0.6 is 0 Å². The van der Waals surface area contributed by atoms with Gasteiger partial charge in [-0.3, -0.25) is 4.79 Å². The second-order valence-corrected chi connectivity index (χ2v) is 7.33. The summed E-state index contributed by atoms with van der Waals surface area (Å²) in [7, 11) is 0. The fourth-order valence-electron chi connectivity index (χ4n) is 3.31. The molecule has 1 amide bonds. The van der Waals surface area contributed by atoms with Gasteiger partial charge in [0.15, 0.2) is 5.65 Å². The van der Waals surface area contributed by atoms with Crippen LogP contribution in [0, 0.1) is 5.92 Å². The molecule has 6 heteroatoms. The number of nitrogens with zero attached hydrogens (tertiary/aromatic N) is 3. The van der Waals surface area contributed by atoms with Crippen molar-refractivity contribution in [2.75, 3.05) is 6.54 Å². The Hall–Kier alpha value is -1.95. The predicted molar refractivity (Wildman–Crippen MR) is 92.7 cm³/mol. The SMILES string of the molecule is CC(C)Cn1ncc2cc(C(=O)NCC3(O)CCCCC3)cnc21. The van der Waals surface area contributed by atoms with E-state index in [0.29, 0.717) is 18.0 Å². The van der Waals surface area contributed by atoms with Crippen molar-refractivity contribution in [2.45, 2.75) is 58.1 Å². The Morgan fingerprint density at radius 2 is 2.08 bits per heavy atom. The number of aliphatic hydroxyl groups is 1. The molecular weight excluding hydrogens is 304 g/mol. The molecule has 0 radical (unpaired) electrons. The number of rotatable bonds is 5. The van der Waals surface area contributed by atoms with Crippen LogP contribution in [-0.2, 0) is 6.54 Å². The van der Waals surface area contributed by atoms with Crippen molar-refractivity contribution >= 4 is 16.9 Å². The number of carbonyl (C=O) groups excluding carboxylic acids is 1. The first kappa shape index (κ1) is 16.9. The van der Waals surface area contributed by atoms with Gasteiger partial charge < -0.3 is 10.4 Å². The van der Waals surface area contributed by atoms with E-state index in [4.69, 9.17) is 0 Å². The molecule has 1 aliphatic rings. The van der Waals surface area contributed by atoms with Crippen molar-refractivity contribution in [3.8, 4) is 0 Å². The molecule has 1 saturated carbocycles. The predicted octanol–water partition coefficient (Wildman–Crippen LogP) is 2.51. The third kappa shape index (κ3) is 3.75. The number of fused-ring (bicyclic) bond motifs is 1. The molecular formula is C18H26N4O2. The van der Waals surface area contributed by atoms with Crippen LogP contribution in [0.4, 0.5) is 0 Å². The molecule has 2 aromatic heterocycles. The summed E-state index contributed by atoms with van der Waals surface area (Å²) in [5.74, 6) is 0.286. The van der Waals surface area contributed by atoms with E-state index in [0.717, 1.165) is 49.7 Å². The van der Waals surface area contributed by atoms with E-state index in [2.05, 4.69) is 29.2 Å². The minimum Gasteiger partial charge on any atom is -0.388 e. The lowest BCUT2D eigenvalue weighted by molar-refractivity contribution is 0.00525. The van der Waals surface area contributed by atoms with Crippen LogP contribution in [0.3, 0.4) is 0 Å². The zero-order valence-corrected chi connectivity index (χ0v) is 14.5. The Morgan fingerprint density at radius 3 is 2.79 bits per heavy atom. The molecule has 24 heavy (non-hydrogen) atoms. The molecule has 0 bridgehead atoms. The maximum atomic E-state index is 12.4. The smallest absolute Gasteiger partial charge is 0.252 e. The molecule has 2 heterocycles. The summed E-state index contributed by atoms with van der Waals surface area (Å²) >= 11 is 0. The van der Waals surface area contributed by atoms with Crippen molar-refractivity contribution in [1.29, 1.82) is 0 Å². The largest absolute Gasteiger partial charge is 0.388 e. The molecule has 130 valence electrons. The molecule has 2 aromatic rings. The normalized spacial score (nSPS) is 17.3. The van der Waals surface area contributed by atoms with Gasteiger partial charge in [-0.05, 0) is 24.8 Å². The molecule has 0 atom stereocenters. The molecule has 0 aromatic carbocycles. The van der Waals surface area contributed by atoms with Gasteiger partial charge in [0.2, 0.25) is 0 Å². The van der Waals surface area contributed by atoms with Gasteiger partial charge in [-0.15, -0.1) is 0 Å². The first-order valence-corrected chi connectivity index (χ1v) is 8.79. The van der Waals surface area contributed by atoms with Gasteiger partial charge in [0.05, 0.1) is 17.4 Å². The lowest BCUT2D eigenvalue weighted by Gasteiger charge is -2.32. The Morgan fingerprint density at radius 1 is 1.33 bits per heavy atom. The van der Waals surface area contributed by atoms with Crippen LogP contribution in [0.2, 0.25) is 0 Å². The van der Waals surface area contributed by atoms with E-state index in [-0.39, 0.29) is 5.91 Å². The minimum atomic E-state index is -0.756. The monoisotopic (exact) mass is 330 g/mol. The Bertz CT molecular complexity index is 717. The molecule has 0 saturated heterocycles. The lowest BCUT2D eigenvalue weighted by atomic mass is 9.85. The number of pyridine rings is 1. The molecule has 0 spiro atoms. The van der Waals surface area contributed by atoms with Crippen molar-refractivity contribution in [3.05, 3.63) is 24.0 Å². The summed E-state index contributed by atoms with van der Waals surface area (Å²) < 4.78 is 1.87. The highest BCUT2D eigenvalue weighted by atomic mass is 16.3. The molecule has 0 unspecified atom stereocenters. The number of hydrogen-bond acceptors (Lipinski definition) is 4. The Balaban J connectivity index is 1.68. The van der Waals surface area contributed by atoms with Gasteiger partial charge in [-0.25, -0.2) is 9.67 Å². The van der Waals surface area contributed by atoms with Gasteiger partial charge in [0.25, 0.3) is 5.91 Å². The summed E-state index contributed by atoms with van der Waals surface area (Å²) in [6, 6.07) is 1.81. The van der Waals surface area contributed by atoms with Crippen molar-refractivity contribution in [3.63, 3.8) is 0 Å². The standard InChI is InChI=1S/C18H26N4O2/c1-13(2)11-22-16-14(10-21-22)8-15(9-19-16)17(23)20-12-18(24)6-4-3-5-7-18/h8-10,13,24H,3-7,11-12H2,1-2H3,(H,20,23). The van der Waals surface area contributed by atoms with Crippen molar-refractivity contribution < 1.29 is 9.90 Å². The number of amides is 1. The summed E-state index contributed by atoms with van der Waals surface area (Å²) in [4.78, 5) is 16.8. The van der Waals surface area contributed by atoms with E-state index in [9.17, 15) is 9.90 Å². The van der Waals surface area contributed by atoms with E-state index < -0.39 is 5.60 Å². The summed E-state index contributed by atoms with van der Waals surface area (Å²) in [6.45, 7) is 5.36. The molecule has 3 rings (SSSR count). The number of carbonyl (C=O) groups is 1. The molecule has 6 nitrogen and oxygen atoms in total. The van der Waals surface area contributed by atoms with E-state index in [1.165, 1.54) is 0 Å². The van der Waals surface area contributed by atoms with Crippen LogP contribution < -0.4 is 5.32 Å².